The highest BCUT2D eigenvalue weighted by atomic mass is 35.5. The summed E-state index contributed by atoms with van der Waals surface area (Å²) in [7, 11) is 0. The van der Waals surface area contributed by atoms with E-state index >= 15 is 0 Å². The molecule has 0 aliphatic rings. The number of benzene rings is 2. The summed E-state index contributed by atoms with van der Waals surface area (Å²) in [6.07, 6.45) is 4.02. The van der Waals surface area contributed by atoms with E-state index in [-0.39, 0.29) is 24.2 Å². The molecule has 3 aromatic rings. The summed E-state index contributed by atoms with van der Waals surface area (Å²) in [5, 5.41) is 3.52. The molecule has 3 rings (SSSR count). The van der Waals surface area contributed by atoms with Crippen LogP contribution in [0.2, 0.25) is 5.02 Å². The van der Waals surface area contributed by atoms with Crippen molar-refractivity contribution >= 4 is 23.2 Å². The number of hydrogen-bond acceptors (Lipinski definition) is 1. The minimum atomic E-state index is -0.297. The number of anilines is 1. The van der Waals surface area contributed by atoms with Crippen molar-refractivity contribution < 1.29 is 9.18 Å². The fourth-order valence-electron chi connectivity index (χ4n) is 2.76. The molecule has 1 atom stereocenters. The Hall–Kier alpha value is -2.59. The second-order valence-electron chi connectivity index (χ2n) is 5.86. The fourth-order valence-corrected chi connectivity index (χ4v) is 2.93. The van der Waals surface area contributed by atoms with Gasteiger partial charge in [0.25, 0.3) is 0 Å². The summed E-state index contributed by atoms with van der Waals surface area (Å²) in [6.45, 7) is 1.86. The van der Waals surface area contributed by atoms with E-state index in [1.165, 1.54) is 12.1 Å². The monoisotopic (exact) mass is 356 g/mol. The minimum Gasteiger partial charge on any atom is -0.346 e. The molecule has 1 aromatic heterocycles. The maximum atomic E-state index is 13.2. The van der Waals surface area contributed by atoms with Gasteiger partial charge in [0.15, 0.2) is 0 Å². The highest BCUT2D eigenvalue weighted by Crippen LogP contribution is 2.26. The molecule has 25 heavy (non-hydrogen) atoms. The molecule has 0 saturated carbocycles. The molecule has 0 aliphatic heterocycles. The van der Waals surface area contributed by atoms with Crippen LogP contribution in [0.4, 0.5) is 10.1 Å². The predicted molar refractivity (Wildman–Crippen MR) is 98.4 cm³/mol. The molecule has 3 nitrogen and oxygen atoms in total. The second kappa shape index (κ2) is 7.53. The van der Waals surface area contributed by atoms with Gasteiger partial charge in [-0.05, 0) is 54.4 Å². The molecule has 2 aromatic carbocycles. The van der Waals surface area contributed by atoms with Crippen LogP contribution in [-0.2, 0) is 4.79 Å². The molecule has 0 spiro atoms. The van der Waals surface area contributed by atoms with Gasteiger partial charge in [0.05, 0.1) is 12.5 Å². The van der Waals surface area contributed by atoms with Crippen LogP contribution < -0.4 is 5.32 Å². The molecule has 1 amide bonds. The quantitative estimate of drug-likeness (QED) is 0.669. The summed E-state index contributed by atoms with van der Waals surface area (Å²) in [5.41, 5.74) is 2.40. The third kappa shape index (κ3) is 4.09. The number of nitrogens with one attached hydrogen (secondary N) is 1. The smallest absolute Gasteiger partial charge is 0.226 e. The SMILES string of the molecule is Cc1c(Cl)cccc1NC(=O)CC(c1ccc(F)cc1)n1cccc1. The van der Waals surface area contributed by atoms with E-state index in [0.29, 0.717) is 10.7 Å². The first-order valence-electron chi connectivity index (χ1n) is 7.97. The third-order valence-corrected chi connectivity index (χ3v) is 4.57. The van der Waals surface area contributed by atoms with Crippen LogP contribution in [0.15, 0.2) is 67.0 Å². The molecule has 128 valence electrons. The Bertz CT molecular complexity index is 860. The lowest BCUT2D eigenvalue weighted by atomic mass is 10.0. The van der Waals surface area contributed by atoms with E-state index in [1.807, 2.05) is 42.1 Å². The van der Waals surface area contributed by atoms with Gasteiger partial charge in [-0.2, -0.15) is 0 Å². The Morgan fingerprint density at radius 3 is 2.48 bits per heavy atom. The fraction of sp³-hybridized carbons (Fsp3) is 0.150. The van der Waals surface area contributed by atoms with Crippen molar-refractivity contribution in [1.29, 1.82) is 0 Å². The molecule has 0 bridgehead atoms. The van der Waals surface area contributed by atoms with Gasteiger partial charge in [-0.25, -0.2) is 4.39 Å². The Morgan fingerprint density at radius 1 is 1.12 bits per heavy atom. The topological polar surface area (TPSA) is 34.0 Å². The van der Waals surface area contributed by atoms with Crippen LogP contribution in [0.25, 0.3) is 0 Å². The zero-order valence-corrected chi connectivity index (χ0v) is 14.5. The number of carbonyl (C=O) groups is 1. The third-order valence-electron chi connectivity index (χ3n) is 4.16. The van der Waals surface area contributed by atoms with Gasteiger partial charge < -0.3 is 9.88 Å². The lowest BCUT2D eigenvalue weighted by Gasteiger charge is -2.20. The van der Waals surface area contributed by atoms with Crippen molar-refractivity contribution in [3.8, 4) is 0 Å². The van der Waals surface area contributed by atoms with Crippen LogP contribution in [-0.4, -0.2) is 10.5 Å². The van der Waals surface area contributed by atoms with Crippen LogP contribution in [0, 0.1) is 12.7 Å². The van der Waals surface area contributed by atoms with Crippen molar-refractivity contribution in [2.75, 3.05) is 5.32 Å². The van der Waals surface area contributed by atoms with Gasteiger partial charge in [0, 0.05) is 23.1 Å². The zero-order valence-electron chi connectivity index (χ0n) is 13.7. The lowest BCUT2D eigenvalue weighted by Crippen LogP contribution is -2.20. The predicted octanol–water partition coefficient (Wildman–Crippen LogP) is 5.21. The number of nitrogens with zero attached hydrogens (tertiary/aromatic N) is 1. The highest BCUT2D eigenvalue weighted by Gasteiger charge is 2.18. The van der Waals surface area contributed by atoms with Gasteiger partial charge in [0.1, 0.15) is 5.82 Å². The maximum Gasteiger partial charge on any atom is 0.226 e. The average Bonchev–Trinajstić information content (AvgIpc) is 3.12. The number of carbonyl (C=O) groups excluding carboxylic acids is 1. The summed E-state index contributed by atoms with van der Waals surface area (Å²) < 4.78 is 15.2. The van der Waals surface area contributed by atoms with E-state index in [0.717, 1.165) is 11.1 Å². The van der Waals surface area contributed by atoms with E-state index < -0.39 is 0 Å². The molecule has 0 aliphatic carbocycles. The van der Waals surface area contributed by atoms with Gasteiger partial charge in [-0.3, -0.25) is 4.79 Å². The van der Waals surface area contributed by atoms with Crippen LogP contribution >= 0.6 is 11.6 Å². The van der Waals surface area contributed by atoms with Crippen molar-refractivity contribution in [1.82, 2.24) is 4.57 Å². The van der Waals surface area contributed by atoms with Crippen molar-refractivity contribution in [2.24, 2.45) is 0 Å². The molecule has 0 radical (unpaired) electrons. The molecule has 0 saturated heterocycles. The van der Waals surface area contributed by atoms with Gasteiger partial charge in [-0.15, -0.1) is 0 Å². The summed E-state index contributed by atoms with van der Waals surface area (Å²) >= 11 is 6.10. The van der Waals surface area contributed by atoms with Gasteiger partial charge in [-0.1, -0.05) is 29.8 Å². The Morgan fingerprint density at radius 2 is 1.80 bits per heavy atom. The largest absolute Gasteiger partial charge is 0.346 e. The molecule has 1 N–H and O–H groups in total. The maximum absolute atomic E-state index is 13.2. The zero-order chi connectivity index (χ0) is 17.8. The standard InChI is InChI=1S/C20H18ClFN2O/c1-14-17(21)5-4-6-18(14)23-20(25)13-19(24-11-2-3-12-24)15-7-9-16(22)10-8-15/h2-12,19H,13H2,1H3,(H,23,25). The van der Waals surface area contributed by atoms with Crippen molar-refractivity contribution in [3.63, 3.8) is 0 Å². The number of hydrogen-bond donors (Lipinski definition) is 1. The Labute approximate surface area is 151 Å². The molecule has 1 unspecified atom stereocenters. The van der Waals surface area contributed by atoms with Gasteiger partial charge >= 0.3 is 0 Å². The molecule has 5 heteroatoms. The normalized spacial score (nSPS) is 12.0. The first kappa shape index (κ1) is 17.2. The van der Waals surface area contributed by atoms with E-state index in [4.69, 9.17) is 11.6 Å². The van der Waals surface area contributed by atoms with Crippen molar-refractivity contribution in [3.05, 3.63) is 89.0 Å². The average molecular weight is 357 g/mol. The first-order valence-corrected chi connectivity index (χ1v) is 8.35. The second-order valence-corrected chi connectivity index (χ2v) is 6.27. The van der Waals surface area contributed by atoms with Crippen molar-refractivity contribution in [2.45, 2.75) is 19.4 Å². The molecule has 1 heterocycles. The minimum absolute atomic E-state index is 0.131. The molecular weight excluding hydrogens is 339 g/mol. The Balaban J connectivity index is 1.82. The van der Waals surface area contributed by atoms with Crippen LogP contribution in [0.5, 0.6) is 0 Å². The number of amides is 1. The first-order chi connectivity index (χ1) is 12.0. The van der Waals surface area contributed by atoms with Gasteiger partial charge in [0.2, 0.25) is 5.91 Å². The van der Waals surface area contributed by atoms with E-state index in [9.17, 15) is 9.18 Å². The molecule has 0 fully saturated rings. The number of rotatable bonds is 5. The van der Waals surface area contributed by atoms with E-state index in [1.54, 1.807) is 24.3 Å². The summed E-state index contributed by atoms with van der Waals surface area (Å²) in [5.74, 6) is -0.428. The summed E-state index contributed by atoms with van der Waals surface area (Å²) in [4.78, 5) is 12.6. The number of halogens is 2. The van der Waals surface area contributed by atoms with Crippen LogP contribution in [0.3, 0.4) is 0 Å². The van der Waals surface area contributed by atoms with Crippen LogP contribution in [0.1, 0.15) is 23.6 Å². The number of aromatic nitrogens is 1. The summed E-state index contributed by atoms with van der Waals surface area (Å²) in [6, 6.07) is 15.2. The lowest BCUT2D eigenvalue weighted by molar-refractivity contribution is -0.116. The highest BCUT2D eigenvalue weighted by molar-refractivity contribution is 6.31. The van der Waals surface area contributed by atoms with E-state index in [2.05, 4.69) is 5.32 Å². The molecular formula is C20H18ClFN2O. The Kier molecular flexibility index (Phi) is 5.19.